The van der Waals surface area contributed by atoms with E-state index >= 15 is 0 Å². The number of rotatable bonds is 0. The van der Waals surface area contributed by atoms with Crippen molar-refractivity contribution in [1.29, 1.82) is 0 Å². The third kappa shape index (κ3) is 10.2. The Morgan fingerprint density at radius 2 is 1.64 bits per heavy atom. The monoisotopic (exact) mass is 245 g/mol. The third-order valence-electron chi connectivity index (χ3n) is 0.843. The molecule has 0 heterocycles. The molecule has 1 rings (SSSR count). The molecular weight excluding hydrogens is 239 g/mol. The Morgan fingerprint density at radius 3 is 1.82 bits per heavy atom. The second kappa shape index (κ2) is 10.2. The average molecular weight is 247 g/mol. The first-order valence-corrected chi connectivity index (χ1v) is 7.82. The van der Waals surface area contributed by atoms with Gasteiger partial charge in [0, 0.05) is 0 Å². The van der Waals surface area contributed by atoms with Gasteiger partial charge in [-0.25, -0.2) is 0 Å². The van der Waals surface area contributed by atoms with E-state index in [0.29, 0.717) is 0 Å². The van der Waals surface area contributed by atoms with Crippen molar-refractivity contribution >= 4 is 22.1 Å². The van der Waals surface area contributed by atoms with E-state index < -0.39 is 16.6 Å². The fourth-order valence-electron chi connectivity index (χ4n) is 0.478. The summed E-state index contributed by atoms with van der Waals surface area (Å²) in [4.78, 5) is 0. The Kier molecular flexibility index (Phi) is 12.8. The van der Waals surface area contributed by atoms with Crippen LogP contribution in [0.5, 0.6) is 0 Å². The van der Waals surface area contributed by atoms with E-state index in [1.807, 2.05) is 30.3 Å². The zero-order chi connectivity index (χ0) is 7.82. The Morgan fingerprint density at radius 1 is 1.27 bits per heavy atom. The molecule has 1 aromatic rings. The van der Waals surface area contributed by atoms with Gasteiger partial charge in [0.05, 0.1) is 0 Å². The van der Waals surface area contributed by atoms with Gasteiger partial charge in [-0.1, -0.05) is 6.07 Å². The van der Waals surface area contributed by atoms with Gasteiger partial charge in [-0.2, -0.15) is 24.6 Å². The molecule has 0 aliphatic rings. The van der Waals surface area contributed by atoms with Crippen LogP contribution >= 0.6 is 22.1 Å². The molecule has 0 aliphatic heterocycles. The molecule has 0 aliphatic carbocycles. The van der Waals surface area contributed by atoms with Crippen molar-refractivity contribution in [3.8, 4) is 0 Å². The standard InChI is InChI=1S/C7H7.2ClH.FH.Zn/c1-7-5-3-2-4-6-7;;;;/h2-6H,1H2;3*1H;/q-1;;;;+2/p-2. The maximum atomic E-state index is 10.2. The van der Waals surface area contributed by atoms with Gasteiger partial charge in [-0.15, -0.1) is 24.5 Å². The summed E-state index contributed by atoms with van der Waals surface area (Å²) in [6.45, 7) is 3.72. The van der Waals surface area contributed by atoms with E-state index in [9.17, 15) is 3.32 Å². The van der Waals surface area contributed by atoms with Crippen LogP contribution in [-0.2, 0) is 16.6 Å². The summed E-state index contributed by atoms with van der Waals surface area (Å²) in [5.74, 6) is 0. The molecule has 0 saturated heterocycles. The molecule has 0 bridgehead atoms. The normalized spacial score (nSPS) is 6.36. The SMILES string of the molecule is Cl.[CH2-]c1ccccc1.[F][Zn][Cl]. The molecule has 0 N–H and O–H groups in total. The Bertz CT molecular complexity index is 158. The van der Waals surface area contributed by atoms with Crippen LogP contribution in [0.3, 0.4) is 0 Å². The Hall–Kier alpha value is 0.223. The molecule has 0 saturated carbocycles. The van der Waals surface area contributed by atoms with E-state index in [1.165, 1.54) is 0 Å². The number of halogens is 3. The minimum absolute atomic E-state index is 0. The molecule has 0 amide bonds. The van der Waals surface area contributed by atoms with Crippen molar-refractivity contribution in [2.45, 2.75) is 0 Å². The van der Waals surface area contributed by atoms with Gasteiger partial charge in [0.1, 0.15) is 0 Å². The summed E-state index contributed by atoms with van der Waals surface area (Å²) in [6.07, 6.45) is 0. The quantitative estimate of drug-likeness (QED) is 0.487. The molecule has 0 aromatic heterocycles. The van der Waals surface area contributed by atoms with Crippen molar-refractivity contribution in [1.82, 2.24) is 0 Å². The van der Waals surface area contributed by atoms with Crippen LogP contribution in [0, 0.1) is 6.92 Å². The van der Waals surface area contributed by atoms with E-state index in [4.69, 9.17) is 0 Å². The van der Waals surface area contributed by atoms with Gasteiger partial charge in [0.15, 0.2) is 0 Å². The van der Waals surface area contributed by atoms with E-state index in [1.54, 1.807) is 0 Å². The van der Waals surface area contributed by atoms with Gasteiger partial charge in [0.25, 0.3) is 0 Å². The van der Waals surface area contributed by atoms with Crippen LogP contribution in [0.1, 0.15) is 5.56 Å². The first kappa shape index (κ1) is 13.8. The van der Waals surface area contributed by atoms with E-state index in [0.717, 1.165) is 5.56 Å². The van der Waals surface area contributed by atoms with Gasteiger partial charge in [0.2, 0.25) is 0 Å². The predicted molar refractivity (Wildman–Crippen MR) is 45.1 cm³/mol. The summed E-state index contributed by atoms with van der Waals surface area (Å²) in [7, 11) is 4.52. The average Bonchev–Trinajstić information content (AvgIpc) is 1.91. The number of hydrogen-bond acceptors (Lipinski definition) is 0. The fraction of sp³-hybridized carbons (Fsp3) is 0. The van der Waals surface area contributed by atoms with Gasteiger partial charge in [-0.3, -0.25) is 0 Å². The molecule has 0 fully saturated rings. The summed E-state index contributed by atoms with van der Waals surface area (Å²) in [5.41, 5.74) is 1.07. The Balaban J connectivity index is 0. The Labute approximate surface area is 84.8 Å². The second-order valence-corrected chi connectivity index (χ2v) is 3.06. The van der Waals surface area contributed by atoms with Crippen molar-refractivity contribution in [2.75, 3.05) is 0 Å². The second-order valence-electron chi connectivity index (χ2n) is 1.59. The topological polar surface area (TPSA) is 0 Å². The zero-order valence-electron chi connectivity index (χ0n) is 5.97. The van der Waals surface area contributed by atoms with Crippen LogP contribution in [0.4, 0.5) is 3.32 Å². The van der Waals surface area contributed by atoms with Crippen LogP contribution in [0.15, 0.2) is 30.3 Å². The molecule has 0 atom stereocenters. The van der Waals surface area contributed by atoms with Crippen LogP contribution in [-0.4, -0.2) is 0 Å². The fourth-order valence-corrected chi connectivity index (χ4v) is 0.478. The number of benzene rings is 1. The van der Waals surface area contributed by atoms with Crippen molar-refractivity contribution in [2.24, 2.45) is 0 Å². The summed E-state index contributed by atoms with van der Waals surface area (Å²) in [5, 5.41) is 0. The third-order valence-corrected chi connectivity index (χ3v) is 0.843. The summed E-state index contributed by atoms with van der Waals surface area (Å²) >= 11 is -1.90. The first-order valence-electron chi connectivity index (χ1n) is 2.80. The van der Waals surface area contributed by atoms with Crippen LogP contribution in [0.25, 0.3) is 0 Å². The van der Waals surface area contributed by atoms with E-state index in [2.05, 4.69) is 16.6 Å². The molecule has 4 heteroatoms. The van der Waals surface area contributed by atoms with Crippen molar-refractivity contribution in [3.05, 3.63) is 42.8 Å². The van der Waals surface area contributed by atoms with Gasteiger partial charge < -0.3 is 0 Å². The number of hydrogen-bond donors (Lipinski definition) is 0. The molecule has 0 unspecified atom stereocenters. The summed E-state index contributed by atoms with van der Waals surface area (Å²) < 4.78 is 10.2. The molecule has 0 nitrogen and oxygen atoms in total. The molecule has 11 heavy (non-hydrogen) atoms. The van der Waals surface area contributed by atoms with Gasteiger partial charge >= 0.3 is 29.6 Å². The minimum atomic E-state index is -1.90. The van der Waals surface area contributed by atoms with Gasteiger partial charge in [-0.05, 0) is 0 Å². The molecule has 60 valence electrons. The molecule has 1 aromatic carbocycles. The zero-order valence-corrected chi connectivity index (χ0v) is 10.5. The van der Waals surface area contributed by atoms with Crippen molar-refractivity contribution < 1.29 is 20.0 Å². The first-order chi connectivity index (χ1) is 4.81. The maximum absolute atomic E-state index is 10.2. The predicted octanol–water partition coefficient (Wildman–Crippen LogP) is 3.40. The summed E-state index contributed by atoms with van der Waals surface area (Å²) in [6, 6.07) is 9.87. The molecular formula is C7H8Cl2FZn-. The van der Waals surface area contributed by atoms with Crippen LogP contribution in [0.2, 0.25) is 0 Å². The van der Waals surface area contributed by atoms with Crippen LogP contribution < -0.4 is 0 Å². The van der Waals surface area contributed by atoms with Crippen molar-refractivity contribution in [3.63, 3.8) is 0 Å². The molecule has 0 radical (unpaired) electrons. The van der Waals surface area contributed by atoms with E-state index in [-0.39, 0.29) is 12.4 Å². The molecule has 0 spiro atoms.